The molecule has 4 N–H and O–H groups in total. The van der Waals surface area contributed by atoms with E-state index in [1.54, 1.807) is 0 Å². The van der Waals surface area contributed by atoms with Crippen LogP contribution < -0.4 is 19.7 Å². The summed E-state index contributed by atoms with van der Waals surface area (Å²) in [6.45, 7) is 4.24. The Morgan fingerprint density at radius 2 is 1.89 bits per heavy atom. The monoisotopic (exact) mass is 576 g/mol. The SMILES string of the molecule is C[Si]1(C)CCN(c2cc(S(=O)(=O)NCCO)ccc2C(=O)Nc2cccc(OC[C@H](O)C(F)(F)F)n2)CC1. The van der Waals surface area contributed by atoms with Crippen LogP contribution in [-0.2, 0) is 10.0 Å². The first-order valence-corrected chi connectivity index (χ1v) is 16.8. The van der Waals surface area contributed by atoms with Gasteiger partial charge in [0.2, 0.25) is 15.9 Å². The van der Waals surface area contributed by atoms with Gasteiger partial charge in [-0.2, -0.15) is 18.2 Å². The van der Waals surface area contributed by atoms with Crippen LogP contribution >= 0.6 is 0 Å². The Kier molecular flexibility index (Phi) is 9.41. The minimum atomic E-state index is -4.85. The number of aromatic nitrogens is 1. The van der Waals surface area contributed by atoms with Gasteiger partial charge < -0.3 is 25.2 Å². The number of hydrogen-bond donors (Lipinski definition) is 4. The van der Waals surface area contributed by atoms with Crippen molar-refractivity contribution in [1.82, 2.24) is 9.71 Å². The molecule has 1 fully saturated rings. The molecule has 210 valence electrons. The van der Waals surface area contributed by atoms with Gasteiger partial charge >= 0.3 is 6.18 Å². The average molecular weight is 577 g/mol. The number of alkyl halides is 3. The number of pyridine rings is 1. The Balaban J connectivity index is 1.85. The Morgan fingerprint density at radius 1 is 1.21 bits per heavy atom. The molecule has 15 heteroatoms. The summed E-state index contributed by atoms with van der Waals surface area (Å²) in [6.07, 6.45) is -7.54. The van der Waals surface area contributed by atoms with Crippen LogP contribution in [0.2, 0.25) is 25.2 Å². The number of carbonyl (C=O) groups is 1. The van der Waals surface area contributed by atoms with Gasteiger partial charge in [-0.25, -0.2) is 13.1 Å². The fraction of sp³-hybridized carbons (Fsp3) is 0.478. The second-order valence-electron chi connectivity index (χ2n) is 9.64. The first-order chi connectivity index (χ1) is 17.7. The van der Waals surface area contributed by atoms with Gasteiger partial charge in [0.1, 0.15) is 12.4 Å². The molecule has 1 saturated heterocycles. The molecule has 0 aliphatic carbocycles. The largest absolute Gasteiger partial charge is 0.474 e. The van der Waals surface area contributed by atoms with E-state index >= 15 is 0 Å². The summed E-state index contributed by atoms with van der Waals surface area (Å²) in [5.74, 6) is -0.839. The maximum Gasteiger partial charge on any atom is 0.417 e. The van der Waals surface area contributed by atoms with Gasteiger partial charge in [-0.3, -0.25) is 4.79 Å². The molecule has 38 heavy (non-hydrogen) atoms. The van der Waals surface area contributed by atoms with Crippen molar-refractivity contribution >= 4 is 35.5 Å². The van der Waals surface area contributed by atoms with E-state index in [2.05, 4.69) is 28.1 Å². The Hall–Kier alpha value is -2.72. The molecule has 1 aromatic carbocycles. The Morgan fingerprint density at radius 3 is 2.53 bits per heavy atom. The smallest absolute Gasteiger partial charge is 0.417 e. The molecule has 3 rings (SSSR count). The summed E-state index contributed by atoms with van der Waals surface area (Å²) in [4.78, 5) is 19.1. The predicted molar refractivity (Wildman–Crippen MR) is 138 cm³/mol. The number of amides is 1. The Bertz CT molecular complexity index is 1240. The van der Waals surface area contributed by atoms with E-state index in [1.807, 2.05) is 4.90 Å². The highest BCUT2D eigenvalue weighted by molar-refractivity contribution is 7.89. The second-order valence-corrected chi connectivity index (χ2v) is 16.7. The van der Waals surface area contributed by atoms with E-state index in [0.717, 1.165) is 12.1 Å². The fourth-order valence-electron chi connectivity index (χ4n) is 3.76. The van der Waals surface area contributed by atoms with Crippen molar-refractivity contribution in [2.75, 3.05) is 43.1 Å². The lowest BCUT2D eigenvalue weighted by atomic mass is 10.1. The van der Waals surface area contributed by atoms with Gasteiger partial charge in [-0.1, -0.05) is 19.2 Å². The lowest BCUT2D eigenvalue weighted by Gasteiger charge is -2.38. The lowest BCUT2D eigenvalue weighted by Crippen LogP contribution is -2.43. The summed E-state index contributed by atoms with van der Waals surface area (Å²) in [6, 6.07) is 10.1. The third-order valence-electron chi connectivity index (χ3n) is 6.12. The summed E-state index contributed by atoms with van der Waals surface area (Å²) >= 11 is 0. The van der Waals surface area contributed by atoms with Gasteiger partial charge in [0.15, 0.2) is 6.10 Å². The maximum atomic E-state index is 13.3. The van der Waals surface area contributed by atoms with Crippen LogP contribution in [0.15, 0.2) is 41.3 Å². The first-order valence-electron chi connectivity index (χ1n) is 11.9. The summed E-state index contributed by atoms with van der Waals surface area (Å²) in [5.41, 5.74) is 0.604. The predicted octanol–water partition coefficient (Wildman–Crippen LogP) is 2.43. The number of anilines is 2. The zero-order valence-corrected chi connectivity index (χ0v) is 22.8. The van der Waals surface area contributed by atoms with Crippen molar-refractivity contribution in [2.45, 2.75) is 42.4 Å². The van der Waals surface area contributed by atoms with Gasteiger partial charge in [0, 0.05) is 25.7 Å². The summed E-state index contributed by atoms with van der Waals surface area (Å²) in [7, 11) is -5.31. The molecule has 10 nitrogen and oxygen atoms in total. The Labute approximate surface area is 219 Å². The summed E-state index contributed by atoms with van der Waals surface area (Å²) in [5, 5.41) is 20.7. The number of ether oxygens (including phenoxy) is 1. The number of carbonyl (C=O) groups excluding carboxylic acids is 1. The van der Waals surface area contributed by atoms with Gasteiger partial charge in [-0.15, -0.1) is 0 Å². The average Bonchev–Trinajstić information content (AvgIpc) is 2.85. The molecule has 0 radical (unpaired) electrons. The first kappa shape index (κ1) is 29.8. The topological polar surface area (TPSA) is 141 Å². The molecule has 1 atom stereocenters. The summed E-state index contributed by atoms with van der Waals surface area (Å²) < 4.78 is 70.1. The van der Waals surface area contributed by atoms with Crippen LogP contribution in [0, 0.1) is 0 Å². The van der Waals surface area contributed by atoms with E-state index in [4.69, 9.17) is 14.9 Å². The number of aliphatic hydroxyl groups is 2. The lowest BCUT2D eigenvalue weighted by molar-refractivity contribution is -0.210. The molecule has 1 amide bonds. The molecule has 0 saturated carbocycles. The van der Waals surface area contributed by atoms with Gasteiger partial charge in [0.25, 0.3) is 5.91 Å². The molecule has 0 bridgehead atoms. The highest BCUT2D eigenvalue weighted by Crippen LogP contribution is 2.31. The number of halogens is 3. The van der Waals surface area contributed by atoms with E-state index in [1.165, 1.54) is 36.4 Å². The molecule has 2 aromatic rings. The number of rotatable bonds is 10. The van der Waals surface area contributed by atoms with Crippen molar-refractivity contribution in [3.63, 3.8) is 0 Å². The molecule has 2 heterocycles. The maximum absolute atomic E-state index is 13.3. The zero-order chi connectivity index (χ0) is 28.1. The number of hydrogen-bond acceptors (Lipinski definition) is 8. The third-order valence-corrected chi connectivity index (χ3v) is 10.7. The van der Waals surface area contributed by atoms with E-state index in [0.29, 0.717) is 18.8 Å². The normalized spacial score (nSPS) is 16.7. The minimum absolute atomic E-state index is 0.00607. The quantitative estimate of drug-likeness (QED) is 0.316. The van der Waals surface area contributed by atoms with Crippen LogP contribution in [0.4, 0.5) is 24.7 Å². The number of aliphatic hydroxyl groups excluding tert-OH is 2. The van der Waals surface area contributed by atoms with E-state index < -0.39 is 42.9 Å². The number of sulfonamides is 1. The molecule has 1 aliphatic rings. The fourth-order valence-corrected chi connectivity index (χ4v) is 6.80. The van der Waals surface area contributed by atoms with Crippen LogP contribution in [0.3, 0.4) is 0 Å². The van der Waals surface area contributed by atoms with E-state index in [9.17, 15) is 26.4 Å². The van der Waals surface area contributed by atoms with Crippen LogP contribution in [-0.4, -0.2) is 82.7 Å². The van der Waals surface area contributed by atoms with Crippen molar-refractivity contribution < 1.29 is 41.3 Å². The van der Waals surface area contributed by atoms with Crippen LogP contribution in [0.25, 0.3) is 0 Å². The van der Waals surface area contributed by atoms with Crippen LogP contribution in [0.1, 0.15) is 10.4 Å². The molecule has 0 unspecified atom stereocenters. The molecule has 1 aromatic heterocycles. The number of nitrogens with one attached hydrogen (secondary N) is 2. The third kappa shape index (κ3) is 7.89. The molecule has 1 aliphatic heterocycles. The molecule has 0 spiro atoms. The minimum Gasteiger partial charge on any atom is -0.474 e. The van der Waals surface area contributed by atoms with Gasteiger partial charge in [-0.05, 0) is 36.4 Å². The molecular formula is C23H31F3N4O6SSi. The highest BCUT2D eigenvalue weighted by atomic mass is 32.2. The standard InChI is InChI=1S/C23H31F3N4O6SSi/c1-38(2)12-9-30(10-13-38)18-14-16(37(34,35)27-8-11-31)6-7-17(18)22(33)29-20-4-3-5-21(28-20)36-15-19(32)23(24,25)26/h3-7,14,19,27,31-32H,8-13,15H2,1-2H3,(H,28,29,33)/t19-/m0/s1. The second kappa shape index (κ2) is 12.0. The van der Waals surface area contributed by atoms with E-state index in [-0.39, 0.29) is 35.3 Å². The zero-order valence-electron chi connectivity index (χ0n) is 21.0. The van der Waals surface area contributed by atoms with Crippen molar-refractivity contribution in [1.29, 1.82) is 0 Å². The van der Waals surface area contributed by atoms with Crippen molar-refractivity contribution in [2.24, 2.45) is 0 Å². The van der Waals surface area contributed by atoms with Crippen LogP contribution in [0.5, 0.6) is 5.88 Å². The van der Waals surface area contributed by atoms with Crippen molar-refractivity contribution in [3.05, 3.63) is 42.0 Å². The van der Waals surface area contributed by atoms with Gasteiger partial charge in [0.05, 0.1) is 30.8 Å². The van der Waals surface area contributed by atoms with Crippen molar-refractivity contribution in [3.8, 4) is 5.88 Å². The number of benzene rings is 1. The molecular weight excluding hydrogens is 545 g/mol. The number of nitrogens with zero attached hydrogens (tertiary/aromatic N) is 2. The highest BCUT2D eigenvalue weighted by Gasteiger charge is 2.39.